The fourth-order valence-corrected chi connectivity index (χ4v) is 3.98. The second-order valence-electron chi connectivity index (χ2n) is 6.15. The van der Waals surface area contributed by atoms with Crippen LogP contribution in [0.3, 0.4) is 0 Å². The quantitative estimate of drug-likeness (QED) is 0.779. The van der Waals surface area contributed by atoms with Gasteiger partial charge in [0.05, 0.1) is 23.7 Å². The fourth-order valence-electron chi connectivity index (χ4n) is 3.00. The van der Waals surface area contributed by atoms with Crippen molar-refractivity contribution < 1.29 is 9.53 Å². The van der Waals surface area contributed by atoms with Crippen LogP contribution in [0.5, 0.6) is 0 Å². The first-order valence-corrected chi connectivity index (χ1v) is 9.27. The number of fused-ring (bicyclic) bond motifs is 1. The maximum Gasteiger partial charge on any atom is 0.261 e. The molecule has 1 aliphatic heterocycles. The molecule has 6 heteroatoms. The van der Waals surface area contributed by atoms with Gasteiger partial charge in [0.15, 0.2) is 0 Å². The molecule has 25 heavy (non-hydrogen) atoms. The predicted molar refractivity (Wildman–Crippen MR) is 97.8 cm³/mol. The molecule has 4 rings (SSSR count). The zero-order chi connectivity index (χ0) is 17.1. The van der Waals surface area contributed by atoms with Gasteiger partial charge in [-0.25, -0.2) is 9.97 Å². The molecule has 3 aromatic rings. The highest BCUT2D eigenvalue weighted by atomic mass is 32.1. The van der Waals surface area contributed by atoms with Crippen LogP contribution in [0.4, 0.5) is 0 Å². The number of benzene rings is 1. The molecule has 0 spiro atoms. The van der Waals surface area contributed by atoms with Crippen LogP contribution in [0, 0.1) is 0 Å². The average molecular weight is 353 g/mol. The molecule has 0 aliphatic carbocycles. The predicted octanol–water partition coefficient (Wildman–Crippen LogP) is 3.52. The van der Waals surface area contributed by atoms with Crippen LogP contribution in [-0.4, -0.2) is 29.1 Å². The lowest BCUT2D eigenvalue weighted by atomic mass is 10.0. The maximum atomic E-state index is 12.4. The summed E-state index contributed by atoms with van der Waals surface area (Å²) in [6.07, 6.45) is 3.86. The summed E-state index contributed by atoms with van der Waals surface area (Å²) in [5.74, 6) is 1.00. The molecule has 3 heterocycles. The Morgan fingerprint density at radius 2 is 2.24 bits per heavy atom. The lowest BCUT2D eigenvalue weighted by Gasteiger charge is -2.20. The number of hydrogen-bond donors (Lipinski definition) is 1. The van der Waals surface area contributed by atoms with E-state index in [-0.39, 0.29) is 11.8 Å². The Morgan fingerprint density at radius 3 is 3.08 bits per heavy atom. The smallest absolute Gasteiger partial charge is 0.261 e. The van der Waals surface area contributed by atoms with Crippen LogP contribution in [0.2, 0.25) is 0 Å². The van der Waals surface area contributed by atoms with Gasteiger partial charge in [-0.2, -0.15) is 0 Å². The summed E-state index contributed by atoms with van der Waals surface area (Å²) in [5, 5.41) is 4.05. The van der Waals surface area contributed by atoms with E-state index in [0.29, 0.717) is 13.2 Å². The van der Waals surface area contributed by atoms with Crippen LogP contribution < -0.4 is 5.32 Å². The summed E-state index contributed by atoms with van der Waals surface area (Å²) in [6.45, 7) is 1.90. The summed E-state index contributed by atoms with van der Waals surface area (Å²) in [5.41, 5.74) is 0.824. The van der Waals surface area contributed by atoms with Crippen molar-refractivity contribution in [3.05, 3.63) is 59.0 Å². The van der Waals surface area contributed by atoms with Crippen molar-refractivity contribution in [3.63, 3.8) is 0 Å². The molecule has 0 radical (unpaired) electrons. The van der Waals surface area contributed by atoms with Crippen molar-refractivity contribution in [1.29, 1.82) is 0 Å². The number of amides is 1. The van der Waals surface area contributed by atoms with Gasteiger partial charge < -0.3 is 10.1 Å². The number of rotatable bonds is 4. The van der Waals surface area contributed by atoms with Crippen LogP contribution in [0.1, 0.15) is 39.9 Å². The van der Waals surface area contributed by atoms with Gasteiger partial charge in [0, 0.05) is 23.4 Å². The number of carbonyl (C=O) groups is 1. The number of hydrogen-bond acceptors (Lipinski definition) is 5. The minimum absolute atomic E-state index is 0.0673. The van der Waals surface area contributed by atoms with E-state index in [1.165, 1.54) is 11.3 Å². The molecule has 1 saturated heterocycles. The van der Waals surface area contributed by atoms with Crippen LogP contribution in [0.15, 0.2) is 42.6 Å². The summed E-state index contributed by atoms with van der Waals surface area (Å²) in [7, 11) is 0. The van der Waals surface area contributed by atoms with Crippen molar-refractivity contribution in [2.24, 2.45) is 0 Å². The molecule has 128 valence electrons. The van der Waals surface area contributed by atoms with Gasteiger partial charge in [-0.05, 0) is 36.4 Å². The van der Waals surface area contributed by atoms with E-state index in [2.05, 4.69) is 15.3 Å². The van der Waals surface area contributed by atoms with Gasteiger partial charge in [-0.15, -0.1) is 11.3 Å². The van der Waals surface area contributed by atoms with Gasteiger partial charge in [0.2, 0.25) is 0 Å². The number of carbonyl (C=O) groups excluding carboxylic acids is 1. The number of ether oxygens (including phenoxy) is 1. The Morgan fingerprint density at radius 1 is 1.32 bits per heavy atom. The average Bonchev–Trinajstić information content (AvgIpc) is 3.11. The van der Waals surface area contributed by atoms with Gasteiger partial charge in [0.1, 0.15) is 5.82 Å². The molecule has 5 nitrogen and oxygen atoms in total. The number of aromatic nitrogens is 2. The third-order valence-corrected chi connectivity index (χ3v) is 5.45. The van der Waals surface area contributed by atoms with Gasteiger partial charge in [0.25, 0.3) is 5.91 Å². The van der Waals surface area contributed by atoms with E-state index < -0.39 is 0 Å². The molecule has 0 bridgehead atoms. The van der Waals surface area contributed by atoms with Gasteiger partial charge in [-0.1, -0.05) is 18.2 Å². The Bertz CT molecular complexity index is 854. The molecular weight excluding hydrogens is 334 g/mol. The monoisotopic (exact) mass is 353 g/mol. The molecular formula is C19H19N3O2S. The van der Waals surface area contributed by atoms with E-state index in [4.69, 9.17) is 4.74 Å². The molecule has 0 unspecified atom stereocenters. The zero-order valence-electron chi connectivity index (χ0n) is 13.8. The number of thiophene rings is 1. The van der Waals surface area contributed by atoms with Crippen molar-refractivity contribution >= 4 is 27.3 Å². The van der Waals surface area contributed by atoms with Crippen molar-refractivity contribution in [2.75, 3.05) is 13.2 Å². The highest BCUT2D eigenvalue weighted by Gasteiger charge is 2.19. The summed E-state index contributed by atoms with van der Waals surface area (Å²) in [4.78, 5) is 22.1. The molecule has 2 aromatic heterocycles. The second kappa shape index (κ2) is 7.29. The normalized spacial score (nSPS) is 17.5. The highest BCUT2D eigenvalue weighted by Crippen LogP contribution is 2.25. The van der Waals surface area contributed by atoms with Gasteiger partial charge in [-0.3, -0.25) is 4.79 Å². The lowest BCUT2D eigenvalue weighted by molar-refractivity contribution is 0.0779. The van der Waals surface area contributed by atoms with E-state index in [1.807, 2.05) is 36.4 Å². The van der Waals surface area contributed by atoms with Crippen LogP contribution in [0.25, 0.3) is 10.1 Å². The minimum atomic E-state index is -0.0673. The molecule has 1 atom stereocenters. The standard InChI is InChI=1S/C19H19N3O2S/c23-19(17-10-13-4-1-2-6-16(13)25-17)21-11-15-7-8-20-18(22-15)14-5-3-9-24-12-14/h1-2,4,6-8,10,14H,3,5,9,11-12H2,(H,21,23)/t14-/m1/s1. The maximum absolute atomic E-state index is 12.4. The van der Waals surface area contributed by atoms with E-state index in [0.717, 1.165) is 45.9 Å². The van der Waals surface area contributed by atoms with Crippen LogP contribution >= 0.6 is 11.3 Å². The SMILES string of the molecule is O=C(NCc1ccnc([C@@H]2CCCOC2)n1)c1cc2ccccc2s1. The first-order chi connectivity index (χ1) is 12.3. The Kier molecular flexibility index (Phi) is 4.72. The molecule has 1 fully saturated rings. The zero-order valence-corrected chi connectivity index (χ0v) is 14.6. The molecule has 1 aromatic carbocycles. The largest absolute Gasteiger partial charge is 0.381 e. The molecule has 0 saturated carbocycles. The van der Waals surface area contributed by atoms with E-state index in [9.17, 15) is 4.79 Å². The highest BCUT2D eigenvalue weighted by molar-refractivity contribution is 7.20. The molecule has 1 aliphatic rings. The summed E-state index contributed by atoms with van der Waals surface area (Å²) >= 11 is 1.51. The van der Waals surface area contributed by atoms with Gasteiger partial charge >= 0.3 is 0 Å². The lowest BCUT2D eigenvalue weighted by Crippen LogP contribution is -2.23. The Balaban J connectivity index is 1.42. The fraction of sp³-hybridized carbons (Fsp3) is 0.316. The third-order valence-electron chi connectivity index (χ3n) is 4.34. The first kappa shape index (κ1) is 16.2. The van der Waals surface area contributed by atoms with Crippen molar-refractivity contribution in [1.82, 2.24) is 15.3 Å². The Labute approximate surface area is 150 Å². The van der Waals surface area contributed by atoms with E-state index in [1.54, 1.807) is 6.20 Å². The van der Waals surface area contributed by atoms with Crippen LogP contribution in [-0.2, 0) is 11.3 Å². The number of nitrogens with zero attached hydrogens (tertiary/aromatic N) is 2. The second-order valence-corrected chi connectivity index (χ2v) is 7.24. The summed E-state index contributed by atoms with van der Waals surface area (Å²) < 4.78 is 6.63. The topological polar surface area (TPSA) is 64.1 Å². The summed E-state index contributed by atoms with van der Waals surface area (Å²) in [6, 6.07) is 11.8. The van der Waals surface area contributed by atoms with Crippen molar-refractivity contribution in [3.8, 4) is 0 Å². The number of nitrogens with one attached hydrogen (secondary N) is 1. The molecule has 1 amide bonds. The minimum Gasteiger partial charge on any atom is -0.381 e. The third kappa shape index (κ3) is 3.70. The van der Waals surface area contributed by atoms with E-state index >= 15 is 0 Å². The van der Waals surface area contributed by atoms with Crippen molar-refractivity contribution in [2.45, 2.75) is 25.3 Å². The first-order valence-electron chi connectivity index (χ1n) is 8.46. The Hall–Kier alpha value is -2.31. The molecule has 1 N–H and O–H groups in total.